The van der Waals surface area contributed by atoms with E-state index in [9.17, 15) is 14.7 Å². The molecule has 0 unspecified atom stereocenters. The van der Waals surface area contributed by atoms with Crippen LogP contribution in [0, 0.1) is 20.8 Å². The zero-order valence-corrected chi connectivity index (χ0v) is 19.2. The first-order chi connectivity index (χ1) is 15.3. The van der Waals surface area contributed by atoms with E-state index in [1.54, 1.807) is 31.5 Å². The minimum absolute atomic E-state index is 0.198. The summed E-state index contributed by atoms with van der Waals surface area (Å²) in [5.74, 6) is -0.128. The number of rotatable bonds is 8. The van der Waals surface area contributed by atoms with Gasteiger partial charge in [0.05, 0.1) is 24.6 Å². The first-order valence-electron chi connectivity index (χ1n) is 9.92. The Labute approximate surface area is 191 Å². The lowest BCUT2D eigenvalue weighted by atomic mass is 10.1. The van der Waals surface area contributed by atoms with E-state index in [1.165, 1.54) is 11.8 Å². The number of nitrogens with one attached hydrogen (secondary N) is 1. The molecule has 32 heavy (non-hydrogen) atoms. The van der Waals surface area contributed by atoms with Gasteiger partial charge in [0.15, 0.2) is 0 Å². The molecule has 1 amide bonds. The molecule has 2 N–H and O–H groups in total. The molecule has 0 spiro atoms. The highest BCUT2D eigenvalue weighted by molar-refractivity contribution is 8.00. The maximum absolute atomic E-state index is 12.1. The van der Waals surface area contributed by atoms with Gasteiger partial charge in [0.2, 0.25) is 5.91 Å². The molecule has 0 saturated carbocycles. The smallest absolute Gasteiger partial charge is 0.335 e. The van der Waals surface area contributed by atoms with Crippen LogP contribution in [0.25, 0.3) is 5.69 Å². The topological polar surface area (TPSA) is 92.9 Å². The normalized spacial score (nSPS) is 11.0. The van der Waals surface area contributed by atoms with E-state index in [-0.39, 0.29) is 17.2 Å². The second-order valence-corrected chi connectivity index (χ2v) is 8.27. The van der Waals surface area contributed by atoms with Crippen molar-refractivity contribution in [2.24, 2.45) is 5.10 Å². The third-order valence-electron chi connectivity index (χ3n) is 4.98. The van der Waals surface area contributed by atoms with Crippen molar-refractivity contribution in [1.29, 1.82) is 0 Å². The number of aryl methyl sites for hydroxylation is 2. The van der Waals surface area contributed by atoms with Gasteiger partial charge in [0.25, 0.3) is 0 Å². The Kier molecular flexibility index (Phi) is 7.37. The molecule has 3 aromatic rings. The predicted molar refractivity (Wildman–Crippen MR) is 126 cm³/mol. The molecule has 166 valence electrons. The Morgan fingerprint density at radius 3 is 2.47 bits per heavy atom. The standard InChI is InChI=1S/C24H25N3O4S/c1-15-11-18(24(29)30)5-10-22(15)27-16(2)12-19(17(27)3)13-25-26-23(28)14-32-21-8-6-20(31-4)7-9-21/h5-13H,14H2,1-4H3,(H,26,28)(H,29,30)/b25-13-. The summed E-state index contributed by atoms with van der Waals surface area (Å²) in [5.41, 5.74) is 7.38. The number of aromatic carboxylic acids is 1. The van der Waals surface area contributed by atoms with E-state index in [1.807, 2.05) is 55.7 Å². The van der Waals surface area contributed by atoms with Crippen LogP contribution >= 0.6 is 11.8 Å². The lowest BCUT2D eigenvalue weighted by Crippen LogP contribution is -2.19. The summed E-state index contributed by atoms with van der Waals surface area (Å²) >= 11 is 1.42. The van der Waals surface area contributed by atoms with E-state index >= 15 is 0 Å². The largest absolute Gasteiger partial charge is 0.497 e. The van der Waals surface area contributed by atoms with Crippen LogP contribution < -0.4 is 10.2 Å². The molecular formula is C24H25N3O4S. The Morgan fingerprint density at radius 2 is 1.84 bits per heavy atom. The number of thioether (sulfide) groups is 1. The van der Waals surface area contributed by atoms with Gasteiger partial charge in [0, 0.05) is 27.5 Å². The lowest BCUT2D eigenvalue weighted by molar-refractivity contribution is -0.118. The van der Waals surface area contributed by atoms with Gasteiger partial charge in [-0.25, -0.2) is 10.2 Å². The van der Waals surface area contributed by atoms with Crippen molar-refractivity contribution < 1.29 is 19.4 Å². The van der Waals surface area contributed by atoms with Crippen LogP contribution in [0.15, 0.2) is 58.5 Å². The molecule has 0 aliphatic heterocycles. The zero-order chi connectivity index (χ0) is 23.3. The molecule has 2 aromatic carbocycles. The van der Waals surface area contributed by atoms with Gasteiger partial charge in [-0.1, -0.05) is 0 Å². The molecule has 0 atom stereocenters. The summed E-state index contributed by atoms with van der Waals surface area (Å²) in [7, 11) is 1.61. The molecule has 1 aromatic heterocycles. The number of benzene rings is 2. The first-order valence-corrected chi connectivity index (χ1v) is 10.9. The Bertz CT molecular complexity index is 1170. The van der Waals surface area contributed by atoms with Gasteiger partial charge in [-0.05, 0) is 74.9 Å². The maximum atomic E-state index is 12.1. The number of aromatic nitrogens is 1. The maximum Gasteiger partial charge on any atom is 0.335 e. The van der Waals surface area contributed by atoms with Crippen molar-refractivity contribution in [1.82, 2.24) is 9.99 Å². The predicted octanol–water partition coefficient (Wildman–Crippen LogP) is 4.35. The van der Waals surface area contributed by atoms with Crippen LogP contribution in [-0.4, -0.2) is 40.6 Å². The minimum Gasteiger partial charge on any atom is -0.497 e. The Balaban J connectivity index is 1.65. The molecule has 0 aliphatic carbocycles. The molecule has 0 bridgehead atoms. The van der Waals surface area contributed by atoms with Crippen LogP contribution in [-0.2, 0) is 4.79 Å². The van der Waals surface area contributed by atoms with Crippen molar-refractivity contribution in [3.8, 4) is 11.4 Å². The highest BCUT2D eigenvalue weighted by Crippen LogP contribution is 2.24. The van der Waals surface area contributed by atoms with Gasteiger partial charge < -0.3 is 14.4 Å². The average Bonchev–Trinajstić information content (AvgIpc) is 3.05. The molecular weight excluding hydrogens is 426 g/mol. The Morgan fingerprint density at radius 1 is 1.12 bits per heavy atom. The van der Waals surface area contributed by atoms with Crippen molar-refractivity contribution >= 4 is 29.9 Å². The number of carboxylic acids is 1. The lowest BCUT2D eigenvalue weighted by Gasteiger charge is -2.13. The number of carbonyl (C=O) groups excluding carboxylic acids is 1. The van der Waals surface area contributed by atoms with Crippen molar-refractivity contribution in [3.63, 3.8) is 0 Å². The number of hydrazone groups is 1. The zero-order valence-electron chi connectivity index (χ0n) is 18.4. The number of hydrogen-bond acceptors (Lipinski definition) is 5. The number of amides is 1. The van der Waals surface area contributed by atoms with E-state index in [0.717, 1.165) is 38.8 Å². The van der Waals surface area contributed by atoms with Crippen LogP contribution in [0.4, 0.5) is 0 Å². The molecule has 0 fully saturated rings. The van der Waals surface area contributed by atoms with Crippen LogP contribution in [0.1, 0.15) is 32.9 Å². The van der Waals surface area contributed by atoms with Crippen LogP contribution in [0.5, 0.6) is 5.75 Å². The summed E-state index contributed by atoms with van der Waals surface area (Å²) in [6.45, 7) is 5.81. The van der Waals surface area contributed by atoms with E-state index in [2.05, 4.69) is 10.5 Å². The number of carboxylic acid groups (broad SMARTS) is 1. The fraction of sp³-hybridized carbons (Fsp3) is 0.208. The highest BCUT2D eigenvalue weighted by Gasteiger charge is 2.13. The summed E-state index contributed by atoms with van der Waals surface area (Å²) in [6.07, 6.45) is 1.62. The third kappa shape index (κ3) is 5.39. The number of ether oxygens (including phenoxy) is 1. The van der Waals surface area contributed by atoms with Crippen LogP contribution in [0.2, 0.25) is 0 Å². The molecule has 7 nitrogen and oxygen atoms in total. The molecule has 0 saturated heterocycles. The van der Waals surface area contributed by atoms with E-state index in [4.69, 9.17) is 4.74 Å². The summed E-state index contributed by atoms with van der Waals surface area (Å²) in [4.78, 5) is 24.3. The highest BCUT2D eigenvalue weighted by atomic mass is 32.2. The fourth-order valence-corrected chi connectivity index (χ4v) is 4.05. The molecule has 3 rings (SSSR count). The van der Waals surface area contributed by atoms with Crippen LogP contribution in [0.3, 0.4) is 0 Å². The van der Waals surface area contributed by atoms with Crippen molar-refractivity contribution in [2.45, 2.75) is 25.7 Å². The Hall–Kier alpha value is -3.52. The second kappa shape index (κ2) is 10.2. The van der Waals surface area contributed by atoms with E-state index < -0.39 is 5.97 Å². The second-order valence-electron chi connectivity index (χ2n) is 7.23. The quantitative estimate of drug-likeness (QED) is 0.302. The number of methoxy groups -OCH3 is 1. The van der Waals surface area contributed by atoms with Gasteiger partial charge in [-0.3, -0.25) is 4.79 Å². The fourth-order valence-electron chi connectivity index (χ4n) is 3.36. The molecule has 0 aliphatic rings. The summed E-state index contributed by atoms with van der Waals surface area (Å²) in [5, 5.41) is 13.3. The van der Waals surface area contributed by atoms with Gasteiger partial charge in [0.1, 0.15) is 5.75 Å². The average molecular weight is 452 g/mol. The summed E-state index contributed by atoms with van der Waals surface area (Å²) in [6, 6.07) is 14.5. The monoisotopic (exact) mass is 451 g/mol. The van der Waals surface area contributed by atoms with E-state index in [0.29, 0.717) is 0 Å². The van der Waals surface area contributed by atoms with Crippen molar-refractivity contribution in [2.75, 3.05) is 12.9 Å². The van der Waals surface area contributed by atoms with Gasteiger partial charge in [-0.15, -0.1) is 11.8 Å². The number of carbonyl (C=O) groups is 2. The SMILES string of the molecule is COc1ccc(SCC(=O)N/N=C\c2cc(C)n(-c3ccc(C(=O)O)cc3C)c2C)cc1. The van der Waals surface area contributed by atoms with Crippen molar-refractivity contribution in [3.05, 3.63) is 76.6 Å². The molecule has 1 heterocycles. The van der Waals surface area contributed by atoms with Gasteiger partial charge in [-0.2, -0.15) is 5.10 Å². The number of hydrogen-bond donors (Lipinski definition) is 2. The first kappa shape index (κ1) is 23.1. The molecule has 0 radical (unpaired) electrons. The van der Waals surface area contributed by atoms with Gasteiger partial charge >= 0.3 is 5.97 Å². The summed E-state index contributed by atoms with van der Waals surface area (Å²) < 4.78 is 7.17. The number of nitrogens with zero attached hydrogens (tertiary/aromatic N) is 2. The minimum atomic E-state index is -0.950. The third-order valence-corrected chi connectivity index (χ3v) is 5.99. The molecule has 8 heteroatoms.